The van der Waals surface area contributed by atoms with Crippen LogP contribution in [0.25, 0.3) is 0 Å². The molecule has 22 heavy (non-hydrogen) atoms. The van der Waals surface area contributed by atoms with Gasteiger partial charge in [-0.1, -0.05) is 18.5 Å². The van der Waals surface area contributed by atoms with Gasteiger partial charge in [0.1, 0.15) is 27.9 Å². The molecule has 1 N–H and O–H groups in total. The fourth-order valence-electron chi connectivity index (χ4n) is 3.11. The van der Waals surface area contributed by atoms with E-state index >= 15 is 0 Å². The maximum absolute atomic E-state index is 12.8. The molecule has 1 aliphatic carbocycles. The van der Waals surface area contributed by atoms with Gasteiger partial charge in [0.2, 0.25) is 11.4 Å². The zero-order valence-electron chi connectivity index (χ0n) is 11.9. The first-order valence-electron chi connectivity index (χ1n) is 6.71. The van der Waals surface area contributed by atoms with Crippen LogP contribution in [0.5, 0.6) is 17.2 Å². The van der Waals surface area contributed by atoms with E-state index in [9.17, 15) is 19.5 Å². The Kier molecular flexibility index (Phi) is 3.18. The summed E-state index contributed by atoms with van der Waals surface area (Å²) in [5, 5.41) is 10.1. The van der Waals surface area contributed by atoms with Crippen LogP contribution in [0.4, 0.5) is 0 Å². The van der Waals surface area contributed by atoms with Crippen LogP contribution in [-0.2, 0) is 9.59 Å². The minimum atomic E-state index is -1.79. The Hall–Kier alpha value is -2.08. The molecule has 0 saturated heterocycles. The molecule has 1 saturated carbocycles. The number of ether oxygens (including phenoxy) is 2. The van der Waals surface area contributed by atoms with Crippen molar-refractivity contribution in [3.8, 4) is 17.2 Å². The number of halogens is 1. The Morgan fingerprint density at radius 3 is 2.68 bits per heavy atom. The molecular formula is C15H13ClO6. The zero-order valence-corrected chi connectivity index (χ0v) is 12.7. The number of ketones is 3. The maximum Gasteiger partial charge on any atom is 0.232 e. The van der Waals surface area contributed by atoms with Crippen molar-refractivity contribution in [2.45, 2.75) is 25.4 Å². The highest BCUT2D eigenvalue weighted by atomic mass is 35.5. The SMILES string of the molecule is COc1cc(O)c2c(c1Cl)OC1(C(=O)CC(=O)CC1C)C2=O. The first kappa shape index (κ1) is 14.8. The van der Waals surface area contributed by atoms with Crippen molar-refractivity contribution in [3.05, 3.63) is 16.7 Å². The first-order valence-corrected chi connectivity index (χ1v) is 7.09. The molecule has 2 aliphatic rings. The summed E-state index contributed by atoms with van der Waals surface area (Å²) in [5.74, 6) is -2.43. The van der Waals surface area contributed by atoms with Gasteiger partial charge in [0.05, 0.1) is 13.5 Å². The molecule has 7 heteroatoms. The number of phenolic OH excluding ortho intramolecular Hbond substituents is 1. The molecule has 1 spiro atoms. The monoisotopic (exact) mass is 324 g/mol. The molecule has 3 rings (SSSR count). The molecule has 1 aromatic rings. The quantitative estimate of drug-likeness (QED) is 0.794. The summed E-state index contributed by atoms with van der Waals surface area (Å²) in [6.45, 7) is 1.60. The van der Waals surface area contributed by atoms with Crippen molar-refractivity contribution < 1.29 is 29.0 Å². The van der Waals surface area contributed by atoms with E-state index in [1.54, 1.807) is 6.92 Å². The standard InChI is InChI=1S/C15H13ClO6/c1-6-3-7(17)4-10(19)15(6)14(20)11-8(18)5-9(21-2)12(16)13(11)22-15/h5-6,18H,3-4H2,1-2H3. The predicted octanol–water partition coefficient (Wildman–Crippen LogP) is 1.94. The molecule has 0 bridgehead atoms. The second-order valence-corrected chi connectivity index (χ2v) is 5.90. The minimum Gasteiger partial charge on any atom is -0.507 e. The van der Waals surface area contributed by atoms with E-state index < -0.39 is 23.1 Å². The first-order chi connectivity index (χ1) is 10.3. The molecule has 0 aromatic heterocycles. The van der Waals surface area contributed by atoms with Gasteiger partial charge in [-0.25, -0.2) is 0 Å². The lowest BCUT2D eigenvalue weighted by Crippen LogP contribution is -2.57. The fraction of sp³-hybridized carbons (Fsp3) is 0.400. The third-order valence-corrected chi connectivity index (χ3v) is 4.57. The molecule has 116 valence electrons. The number of aromatic hydroxyl groups is 1. The lowest BCUT2D eigenvalue weighted by atomic mass is 9.72. The summed E-state index contributed by atoms with van der Waals surface area (Å²) < 4.78 is 10.7. The van der Waals surface area contributed by atoms with Gasteiger partial charge >= 0.3 is 0 Å². The average molecular weight is 325 g/mol. The lowest BCUT2D eigenvalue weighted by Gasteiger charge is -2.34. The third kappa shape index (κ3) is 1.70. The van der Waals surface area contributed by atoms with Crippen molar-refractivity contribution in [1.82, 2.24) is 0 Å². The molecule has 2 atom stereocenters. The summed E-state index contributed by atoms with van der Waals surface area (Å²) in [4.78, 5) is 36.7. The second kappa shape index (κ2) is 4.71. The summed E-state index contributed by atoms with van der Waals surface area (Å²) in [5.41, 5.74) is -1.93. The normalized spacial score (nSPS) is 27.0. The largest absolute Gasteiger partial charge is 0.507 e. The van der Waals surface area contributed by atoms with E-state index in [2.05, 4.69) is 0 Å². The Morgan fingerprint density at radius 2 is 2.09 bits per heavy atom. The fourth-order valence-corrected chi connectivity index (χ4v) is 3.37. The lowest BCUT2D eigenvalue weighted by molar-refractivity contribution is -0.143. The van der Waals surface area contributed by atoms with Gasteiger partial charge in [-0.05, 0) is 0 Å². The molecule has 1 fully saturated rings. The zero-order chi connectivity index (χ0) is 16.2. The molecule has 0 amide bonds. The summed E-state index contributed by atoms with van der Waals surface area (Å²) >= 11 is 6.13. The summed E-state index contributed by atoms with van der Waals surface area (Å²) in [6, 6.07) is 1.20. The van der Waals surface area contributed by atoms with Crippen LogP contribution in [0.3, 0.4) is 0 Å². The van der Waals surface area contributed by atoms with Crippen molar-refractivity contribution in [3.63, 3.8) is 0 Å². The smallest absolute Gasteiger partial charge is 0.232 e. The minimum absolute atomic E-state index is 0.0115. The number of carbonyl (C=O) groups is 3. The van der Waals surface area contributed by atoms with Crippen LogP contribution in [0.1, 0.15) is 30.1 Å². The van der Waals surface area contributed by atoms with E-state index in [0.717, 1.165) is 0 Å². The van der Waals surface area contributed by atoms with Gasteiger partial charge in [-0.15, -0.1) is 0 Å². The van der Waals surface area contributed by atoms with Crippen LogP contribution in [-0.4, -0.2) is 35.2 Å². The van der Waals surface area contributed by atoms with E-state index in [4.69, 9.17) is 21.1 Å². The van der Waals surface area contributed by atoms with Crippen molar-refractivity contribution in [2.75, 3.05) is 7.11 Å². The number of rotatable bonds is 1. The maximum atomic E-state index is 12.8. The molecule has 1 aromatic carbocycles. The Balaban J connectivity index is 2.19. The molecule has 1 aliphatic heterocycles. The number of benzene rings is 1. The topological polar surface area (TPSA) is 89.9 Å². The number of hydrogen-bond donors (Lipinski definition) is 1. The third-order valence-electron chi connectivity index (χ3n) is 4.21. The van der Waals surface area contributed by atoms with Crippen LogP contribution in [0.2, 0.25) is 5.02 Å². The molecule has 1 heterocycles. The van der Waals surface area contributed by atoms with Crippen LogP contribution in [0.15, 0.2) is 6.07 Å². The van der Waals surface area contributed by atoms with Gasteiger partial charge in [0, 0.05) is 18.4 Å². The number of hydrogen-bond acceptors (Lipinski definition) is 6. The molecule has 6 nitrogen and oxygen atoms in total. The van der Waals surface area contributed by atoms with Crippen molar-refractivity contribution >= 4 is 29.0 Å². The van der Waals surface area contributed by atoms with Crippen molar-refractivity contribution in [2.24, 2.45) is 5.92 Å². The highest BCUT2D eigenvalue weighted by Gasteiger charge is 2.61. The second-order valence-electron chi connectivity index (χ2n) is 5.53. The van der Waals surface area contributed by atoms with E-state index in [1.165, 1.54) is 13.2 Å². The Morgan fingerprint density at radius 1 is 1.41 bits per heavy atom. The van der Waals surface area contributed by atoms with E-state index in [1.807, 2.05) is 0 Å². The number of Topliss-reactive ketones (excluding diaryl/α,β-unsaturated/α-hetero) is 3. The van der Waals surface area contributed by atoms with Gasteiger partial charge in [-0.2, -0.15) is 0 Å². The highest BCUT2D eigenvalue weighted by molar-refractivity contribution is 6.36. The molecule has 0 radical (unpaired) electrons. The molecular weight excluding hydrogens is 312 g/mol. The van der Waals surface area contributed by atoms with Gasteiger partial charge < -0.3 is 14.6 Å². The summed E-state index contributed by atoms with van der Waals surface area (Å²) in [7, 11) is 1.35. The van der Waals surface area contributed by atoms with E-state index in [-0.39, 0.29) is 46.5 Å². The predicted molar refractivity (Wildman–Crippen MR) is 75.8 cm³/mol. The van der Waals surface area contributed by atoms with Gasteiger partial charge in [0.15, 0.2) is 11.5 Å². The Labute approximate surface area is 131 Å². The molecule has 2 unspecified atom stereocenters. The number of carbonyl (C=O) groups excluding carboxylic acids is 3. The van der Waals surface area contributed by atoms with Crippen molar-refractivity contribution in [1.29, 1.82) is 0 Å². The number of methoxy groups -OCH3 is 1. The van der Waals surface area contributed by atoms with Crippen LogP contribution < -0.4 is 9.47 Å². The van der Waals surface area contributed by atoms with Gasteiger partial charge in [-0.3, -0.25) is 14.4 Å². The number of fused-ring (bicyclic) bond motifs is 1. The van der Waals surface area contributed by atoms with E-state index in [0.29, 0.717) is 0 Å². The van der Waals surface area contributed by atoms with Gasteiger partial charge in [0.25, 0.3) is 0 Å². The summed E-state index contributed by atoms with van der Waals surface area (Å²) in [6.07, 6.45) is -0.305. The Bertz CT molecular complexity index is 725. The average Bonchev–Trinajstić information content (AvgIpc) is 2.76. The van der Waals surface area contributed by atoms with Crippen LogP contribution in [0, 0.1) is 5.92 Å². The highest BCUT2D eigenvalue weighted by Crippen LogP contribution is 2.52. The van der Waals surface area contributed by atoms with Crippen LogP contribution >= 0.6 is 11.6 Å². The number of phenols is 1.